The number of hydrogen-bond acceptors (Lipinski definition) is 2. The lowest BCUT2D eigenvalue weighted by Crippen LogP contribution is -2.19. The number of carboxylic acid groups (broad SMARTS) is 1. The van der Waals surface area contributed by atoms with E-state index in [-0.39, 0.29) is 5.69 Å². The van der Waals surface area contributed by atoms with Crippen LogP contribution in [0.3, 0.4) is 0 Å². The van der Waals surface area contributed by atoms with Gasteiger partial charge in [0.25, 0.3) is 0 Å². The Morgan fingerprint density at radius 1 is 1.77 bits per heavy atom. The Balaban J connectivity index is 3.07. The molecule has 1 aromatic heterocycles. The average Bonchev–Trinajstić information content (AvgIpc) is 2.52. The molecule has 0 aliphatic carbocycles. The van der Waals surface area contributed by atoms with Gasteiger partial charge in [0.15, 0.2) is 5.69 Å². The highest BCUT2D eigenvalue weighted by atomic mass is 16.4. The third-order valence-corrected chi connectivity index (χ3v) is 1.71. The van der Waals surface area contributed by atoms with Crippen molar-refractivity contribution in [3.05, 3.63) is 29.6 Å². The summed E-state index contributed by atoms with van der Waals surface area (Å²) in [5, 5.41) is 8.58. The number of carbonyl (C=O) groups is 1. The van der Waals surface area contributed by atoms with Gasteiger partial charge in [-0.05, 0) is 0 Å². The molecule has 1 aromatic rings. The lowest BCUT2D eigenvalue weighted by molar-refractivity contribution is 0.0691. The Hall–Kier alpha value is -1.83. The monoisotopic (exact) mass is 179 g/mol. The fourth-order valence-corrected chi connectivity index (χ4v) is 0.790. The summed E-state index contributed by atoms with van der Waals surface area (Å²) in [4.78, 5) is 17.5. The summed E-state index contributed by atoms with van der Waals surface area (Å²) >= 11 is 0. The van der Waals surface area contributed by atoms with Crippen LogP contribution in [0.4, 0.5) is 0 Å². The van der Waals surface area contributed by atoms with Crippen LogP contribution in [0.25, 0.3) is 4.85 Å². The van der Waals surface area contributed by atoms with E-state index >= 15 is 0 Å². The standard InChI is InChI=1S/C8H9N3O2/c1-8(2,9-3)11-4-6(7(12)13)10-5-11/h4-5H,1-2H3,(H,12,13). The molecular formula is C8H9N3O2. The molecule has 1 rings (SSSR count). The zero-order valence-corrected chi connectivity index (χ0v) is 7.35. The highest BCUT2D eigenvalue weighted by molar-refractivity contribution is 5.84. The smallest absolute Gasteiger partial charge is 0.356 e. The highest BCUT2D eigenvalue weighted by Gasteiger charge is 2.25. The molecule has 5 nitrogen and oxygen atoms in total. The second-order valence-corrected chi connectivity index (χ2v) is 3.08. The van der Waals surface area contributed by atoms with E-state index in [1.165, 1.54) is 17.1 Å². The van der Waals surface area contributed by atoms with E-state index in [4.69, 9.17) is 11.7 Å². The molecule has 5 heteroatoms. The maximum absolute atomic E-state index is 10.5. The van der Waals surface area contributed by atoms with Gasteiger partial charge in [0, 0.05) is 20.0 Å². The van der Waals surface area contributed by atoms with Crippen molar-refractivity contribution in [2.24, 2.45) is 0 Å². The number of carboxylic acids is 1. The molecule has 68 valence electrons. The van der Waals surface area contributed by atoms with Gasteiger partial charge in [-0.25, -0.2) is 16.4 Å². The number of aromatic nitrogens is 2. The van der Waals surface area contributed by atoms with Crippen molar-refractivity contribution in [1.29, 1.82) is 0 Å². The Morgan fingerprint density at radius 3 is 2.77 bits per heavy atom. The first kappa shape index (κ1) is 9.26. The molecule has 0 amide bonds. The molecule has 1 N–H and O–H groups in total. The van der Waals surface area contributed by atoms with E-state index in [1.807, 2.05) is 0 Å². The third-order valence-electron chi connectivity index (χ3n) is 1.71. The minimum absolute atomic E-state index is 0.0447. The van der Waals surface area contributed by atoms with Gasteiger partial charge in [0.2, 0.25) is 0 Å². The van der Waals surface area contributed by atoms with Gasteiger partial charge in [0.05, 0.1) is 0 Å². The van der Waals surface area contributed by atoms with Gasteiger partial charge < -0.3 is 5.11 Å². The zero-order chi connectivity index (χ0) is 10.1. The number of imidazole rings is 1. The van der Waals surface area contributed by atoms with Crippen LogP contribution in [0.15, 0.2) is 12.5 Å². The Kier molecular flexibility index (Phi) is 2.07. The summed E-state index contributed by atoms with van der Waals surface area (Å²) in [7, 11) is 0. The first-order chi connectivity index (χ1) is 5.97. The molecule has 0 bridgehead atoms. The topological polar surface area (TPSA) is 59.5 Å². The molecule has 0 spiro atoms. The normalized spacial score (nSPS) is 10.8. The van der Waals surface area contributed by atoms with Crippen molar-refractivity contribution in [2.45, 2.75) is 19.5 Å². The molecule has 0 aliphatic rings. The minimum atomic E-state index is -1.08. The third kappa shape index (κ3) is 1.67. The first-order valence-corrected chi connectivity index (χ1v) is 3.64. The van der Waals surface area contributed by atoms with E-state index < -0.39 is 11.6 Å². The Morgan fingerprint density at radius 2 is 2.38 bits per heavy atom. The van der Waals surface area contributed by atoms with Gasteiger partial charge in [-0.2, -0.15) is 0 Å². The second kappa shape index (κ2) is 2.90. The van der Waals surface area contributed by atoms with Gasteiger partial charge >= 0.3 is 11.6 Å². The number of rotatable bonds is 2. The summed E-state index contributed by atoms with van der Waals surface area (Å²) in [5.41, 5.74) is -0.822. The van der Waals surface area contributed by atoms with Crippen molar-refractivity contribution < 1.29 is 9.90 Å². The number of aromatic carboxylic acids is 1. The number of hydrogen-bond donors (Lipinski definition) is 1. The van der Waals surface area contributed by atoms with Crippen LogP contribution in [-0.4, -0.2) is 20.6 Å². The lowest BCUT2D eigenvalue weighted by Gasteiger charge is -2.11. The van der Waals surface area contributed by atoms with Crippen LogP contribution in [0.2, 0.25) is 0 Å². The SMILES string of the molecule is [C-]#[N+]C(C)(C)n1cnc(C(=O)O)c1. The average molecular weight is 179 g/mol. The summed E-state index contributed by atoms with van der Waals surface area (Å²) in [5.74, 6) is -1.08. The van der Waals surface area contributed by atoms with Gasteiger partial charge in [-0.3, -0.25) is 9.41 Å². The molecule has 0 aliphatic heterocycles. The molecule has 1 heterocycles. The van der Waals surface area contributed by atoms with Gasteiger partial charge in [0.1, 0.15) is 6.33 Å². The summed E-state index contributed by atoms with van der Waals surface area (Å²) in [6.07, 6.45) is 2.70. The van der Waals surface area contributed by atoms with Crippen LogP contribution in [0, 0.1) is 6.57 Å². The number of nitrogens with zero attached hydrogens (tertiary/aromatic N) is 3. The molecule has 0 saturated carbocycles. The molecule has 0 atom stereocenters. The van der Waals surface area contributed by atoms with Gasteiger partial charge in [-0.1, -0.05) is 0 Å². The fourth-order valence-electron chi connectivity index (χ4n) is 0.790. The molecular weight excluding hydrogens is 170 g/mol. The molecule has 0 radical (unpaired) electrons. The maximum atomic E-state index is 10.5. The molecule has 0 fully saturated rings. The minimum Gasteiger partial charge on any atom is -0.476 e. The summed E-state index contributed by atoms with van der Waals surface area (Å²) in [6, 6.07) is 0. The van der Waals surface area contributed by atoms with Crippen LogP contribution in [-0.2, 0) is 5.66 Å². The van der Waals surface area contributed by atoms with Crippen molar-refractivity contribution in [2.75, 3.05) is 0 Å². The molecule has 0 unspecified atom stereocenters. The second-order valence-electron chi connectivity index (χ2n) is 3.08. The van der Waals surface area contributed by atoms with Crippen LogP contribution in [0.5, 0.6) is 0 Å². The fraction of sp³-hybridized carbons (Fsp3) is 0.375. The van der Waals surface area contributed by atoms with Crippen LogP contribution < -0.4 is 0 Å². The van der Waals surface area contributed by atoms with Crippen molar-refractivity contribution in [3.63, 3.8) is 0 Å². The molecule has 13 heavy (non-hydrogen) atoms. The summed E-state index contributed by atoms with van der Waals surface area (Å²) in [6.45, 7) is 10.3. The van der Waals surface area contributed by atoms with Crippen LogP contribution >= 0.6 is 0 Å². The van der Waals surface area contributed by atoms with E-state index in [2.05, 4.69) is 9.83 Å². The van der Waals surface area contributed by atoms with Crippen molar-refractivity contribution >= 4 is 5.97 Å². The summed E-state index contributed by atoms with van der Waals surface area (Å²) < 4.78 is 1.48. The van der Waals surface area contributed by atoms with Crippen molar-refractivity contribution in [1.82, 2.24) is 9.55 Å². The van der Waals surface area contributed by atoms with E-state index in [9.17, 15) is 4.79 Å². The zero-order valence-electron chi connectivity index (χ0n) is 7.35. The van der Waals surface area contributed by atoms with Gasteiger partial charge in [-0.15, -0.1) is 0 Å². The molecule has 0 aromatic carbocycles. The van der Waals surface area contributed by atoms with Crippen LogP contribution in [0.1, 0.15) is 24.3 Å². The van der Waals surface area contributed by atoms with E-state index in [0.717, 1.165) is 0 Å². The predicted octanol–water partition coefficient (Wildman–Crippen LogP) is 1.19. The first-order valence-electron chi connectivity index (χ1n) is 3.64. The van der Waals surface area contributed by atoms with E-state index in [1.54, 1.807) is 13.8 Å². The van der Waals surface area contributed by atoms with E-state index in [0.29, 0.717) is 0 Å². The van der Waals surface area contributed by atoms with Crippen molar-refractivity contribution in [3.8, 4) is 0 Å². The molecule has 0 saturated heterocycles. The lowest BCUT2D eigenvalue weighted by atomic mass is 10.2. The Labute approximate surface area is 75.5 Å². The maximum Gasteiger partial charge on any atom is 0.356 e. The largest absolute Gasteiger partial charge is 0.476 e. The highest BCUT2D eigenvalue weighted by Crippen LogP contribution is 2.16. The predicted molar refractivity (Wildman–Crippen MR) is 45.1 cm³/mol. The Bertz CT molecular complexity index is 373. The quantitative estimate of drug-likeness (QED) is 0.694.